The van der Waals surface area contributed by atoms with Crippen LogP contribution in [0.2, 0.25) is 5.02 Å². The van der Waals surface area contributed by atoms with Gasteiger partial charge in [-0.3, -0.25) is 4.79 Å². The van der Waals surface area contributed by atoms with E-state index in [1.165, 1.54) is 12.1 Å². The van der Waals surface area contributed by atoms with Gasteiger partial charge in [0.2, 0.25) is 0 Å². The van der Waals surface area contributed by atoms with Crippen LogP contribution >= 0.6 is 11.6 Å². The van der Waals surface area contributed by atoms with Crippen LogP contribution in [0.1, 0.15) is 38.2 Å². The molecular formula is C22H27ClFNO3. The second-order valence-corrected chi connectivity index (χ2v) is 7.75. The summed E-state index contributed by atoms with van der Waals surface area (Å²) in [5.74, 6) is -1.33. The first-order valence-electron chi connectivity index (χ1n) is 9.45. The lowest BCUT2D eigenvalue weighted by Gasteiger charge is -2.29. The number of rotatable bonds is 10. The Kier molecular flexibility index (Phi) is 7.98. The average Bonchev–Trinajstić information content (AvgIpc) is 2.68. The van der Waals surface area contributed by atoms with Crippen molar-refractivity contribution in [3.05, 3.63) is 58.9 Å². The van der Waals surface area contributed by atoms with Gasteiger partial charge in [-0.1, -0.05) is 49.2 Å². The highest BCUT2D eigenvalue weighted by Gasteiger charge is 2.38. The van der Waals surface area contributed by atoms with Gasteiger partial charge >= 0.3 is 5.97 Å². The number of aliphatic carboxylic acids is 1. The third-order valence-electron chi connectivity index (χ3n) is 5.13. The minimum atomic E-state index is -1.18. The van der Waals surface area contributed by atoms with Crippen LogP contribution in [0.25, 0.3) is 11.1 Å². The van der Waals surface area contributed by atoms with Crippen molar-refractivity contribution in [3.63, 3.8) is 0 Å². The molecule has 0 heterocycles. The highest BCUT2D eigenvalue weighted by Crippen LogP contribution is 2.31. The van der Waals surface area contributed by atoms with Crippen molar-refractivity contribution in [1.82, 2.24) is 0 Å². The molecule has 0 fully saturated rings. The lowest BCUT2D eigenvalue weighted by molar-refractivity contribution is -0.153. The fourth-order valence-corrected chi connectivity index (χ4v) is 3.68. The summed E-state index contributed by atoms with van der Waals surface area (Å²) < 4.78 is 14.0. The molecule has 0 aliphatic carbocycles. The van der Waals surface area contributed by atoms with Crippen molar-refractivity contribution < 1.29 is 19.4 Å². The van der Waals surface area contributed by atoms with Gasteiger partial charge in [0.05, 0.1) is 12.0 Å². The van der Waals surface area contributed by atoms with Gasteiger partial charge in [-0.2, -0.15) is 0 Å². The predicted molar refractivity (Wildman–Crippen MR) is 110 cm³/mol. The number of nitrogens with two attached hydrogens (primary N) is 1. The molecule has 0 aliphatic rings. The number of hydrogen-bond acceptors (Lipinski definition) is 3. The molecule has 6 heteroatoms. The van der Waals surface area contributed by atoms with Gasteiger partial charge < -0.3 is 15.9 Å². The maximum absolute atomic E-state index is 14.0. The van der Waals surface area contributed by atoms with Crippen LogP contribution in [-0.2, 0) is 11.2 Å². The Morgan fingerprint density at radius 2 is 1.93 bits per heavy atom. The highest BCUT2D eigenvalue weighted by atomic mass is 35.5. The summed E-state index contributed by atoms with van der Waals surface area (Å²) in [4.78, 5) is 11.6. The molecule has 1 unspecified atom stereocenters. The summed E-state index contributed by atoms with van der Waals surface area (Å²) in [6.07, 6.45) is 2.57. The third-order valence-corrected chi connectivity index (χ3v) is 5.37. The Morgan fingerprint density at radius 1 is 1.25 bits per heavy atom. The summed E-state index contributed by atoms with van der Waals surface area (Å²) in [6.45, 7) is 1.48. The molecule has 0 amide bonds. The molecule has 2 aromatic rings. The topological polar surface area (TPSA) is 83.5 Å². The molecule has 4 nitrogen and oxygen atoms in total. The van der Waals surface area contributed by atoms with Crippen LogP contribution in [0, 0.1) is 11.2 Å². The summed E-state index contributed by atoms with van der Waals surface area (Å²) in [6, 6.07) is 11.6. The van der Waals surface area contributed by atoms with Crippen LogP contribution in [0.15, 0.2) is 42.5 Å². The standard InChI is InChI=1S/C22H27ClFNO3/c1-2-11-22(14-26,21(27)28)13-18(25)9-5-15-3-6-16(7-4-15)19-12-17(23)8-10-20(19)24/h3-4,6-8,10,12,18,26H,2,5,9,11,13-14,25H2,1H3,(H,27,28)/t18-,22?/m1/s1. The van der Waals surface area contributed by atoms with Crippen molar-refractivity contribution in [3.8, 4) is 11.1 Å². The normalized spacial score (nSPS) is 14.5. The monoisotopic (exact) mass is 407 g/mol. The lowest BCUT2D eigenvalue weighted by Crippen LogP contribution is -2.41. The van der Waals surface area contributed by atoms with Gasteiger partial charge in [-0.15, -0.1) is 0 Å². The average molecular weight is 408 g/mol. The molecule has 2 atom stereocenters. The lowest BCUT2D eigenvalue weighted by atomic mass is 9.77. The first kappa shape index (κ1) is 22.3. The van der Waals surface area contributed by atoms with E-state index in [1.54, 1.807) is 6.07 Å². The Bertz CT molecular complexity index is 797. The second-order valence-electron chi connectivity index (χ2n) is 7.32. The van der Waals surface area contributed by atoms with Crippen molar-refractivity contribution >= 4 is 17.6 Å². The van der Waals surface area contributed by atoms with Gasteiger partial charge in [0, 0.05) is 16.6 Å². The van der Waals surface area contributed by atoms with E-state index in [2.05, 4.69) is 0 Å². The first-order valence-corrected chi connectivity index (χ1v) is 9.83. The first-order chi connectivity index (χ1) is 13.3. The molecule has 0 aliphatic heterocycles. The van der Waals surface area contributed by atoms with E-state index in [4.69, 9.17) is 17.3 Å². The number of aliphatic hydroxyl groups excluding tert-OH is 1. The third kappa shape index (κ3) is 5.53. The number of benzene rings is 2. The maximum Gasteiger partial charge on any atom is 0.312 e. The van der Waals surface area contributed by atoms with Crippen molar-refractivity contribution in [2.24, 2.45) is 11.1 Å². The largest absolute Gasteiger partial charge is 0.481 e. The molecular weight excluding hydrogens is 381 g/mol. The zero-order chi connectivity index (χ0) is 20.7. The molecule has 4 N–H and O–H groups in total. The second kappa shape index (κ2) is 10.0. The van der Waals surface area contributed by atoms with Gasteiger partial charge in [-0.25, -0.2) is 4.39 Å². The van der Waals surface area contributed by atoms with Crippen LogP contribution in [-0.4, -0.2) is 28.8 Å². The number of carboxylic acids is 1. The molecule has 0 radical (unpaired) electrons. The van der Waals surface area contributed by atoms with E-state index in [0.717, 1.165) is 11.1 Å². The number of aryl methyl sites for hydroxylation is 1. The Morgan fingerprint density at radius 3 is 2.50 bits per heavy atom. The number of hydrogen-bond donors (Lipinski definition) is 3. The van der Waals surface area contributed by atoms with Gasteiger partial charge in [0.15, 0.2) is 0 Å². The number of halogens is 2. The van der Waals surface area contributed by atoms with Gasteiger partial charge in [-0.05, 0) is 55.0 Å². The predicted octanol–water partition coefficient (Wildman–Crippen LogP) is 4.66. The minimum absolute atomic E-state index is 0.235. The molecule has 28 heavy (non-hydrogen) atoms. The molecule has 0 bridgehead atoms. The molecule has 0 saturated carbocycles. The van der Waals surface area contributed by atoms with E-state index >= 15 is 0 Å². The van der Waals surface area contributed by atoms with Crippen LogP contribution in [0.3, 0.4) is 0 Å². The summed E-state index contributed by atoms with van der Waals surface area (Å²) in [5.41, 5.74) is 7.21. The van der Waals surface area contributed by atoms with E-state index < -0.39 is 18.0 Å². The highest BCUT2D eigenvalue weighted by molar-refractivity contribution is 6.30. The molecule has 2 aromatic carbocycles. The fraction of sp³-hybridized carbons (Fsp3) is 0.409. The molecule has 0 saturated heterocycles. The zero-order valence-corrected chi connectivity index (χ0v) is 16.8. The molecule has 0 aromatic heterocycles. The zero-order valence-electron chi connectivity index (χ0n) is 16.0. The van der Waals surface area contributed by atoms with Crippen molar-refractivity contribution in [2.45, 2.75) is 45.1 Å². The van der Waals surface area contributed by atoms with Crippen molar-refractivity contribution in [2.75, 3.05) is 6.61 Å². The summed E-state index contributed by atoms with van der Waals surface area (Å²) >= 11 is 5.95. The van der Waals surface area contributed by atoms with Gasteiger partial charge in [0.25, 0.3) is 0 Å². The van der Waals surface area contributed by atoms with Crippen LogP contribution < -0.4 is 5.73 Å². The fourth-order valence-electron chi connectivity index (χ4n) is 3.51. The Balaban J connectivity index is 2.01. The minimum Gasteiger partial charge on any atom is -0.481 e. The van der Waals surface area contributed by atoms with Gasteiger partial charge in [0.1, 0.15) is 5.82 Å². The number of carbonyl (C=O) groups is 1. The SMILES string of the molecule is CCCC(CO)(C[C@H](N)CCc1ccc(-c2cc(Cl)ccc2F)cc1)C(=O)O. The smallest absolute Gasteiger partial charge is 0.312 e. The van der Waals surface area contributed by atoms with E-state index in [0.29, 0.717) is 36.3 Å². The summed E-state index contributed by atoms with van der Waals surface area (Å²) in [7, 11) is 0. The quantitative estimate of drug-likeness (QED) is 0.534. The molecule has 2 rings (SSSR count). The van der Waals surface area contributed by atoms with E-state index in [-0.39, 0.29) is 18.3 Å². The van der Waals surface area contributed by atoms with Crippen LogP contribution in [0.5, 0.6) is 0 Å². The van der Waals surface area contributed by atoms with Crippen LogP contribution in [0.4, 0.5) is 4.39 Å². The molecule has 152 valence electrons. The Hall–Kier alpha value is -1.95. The summed E-state index contributed by atoms with van der Waals surface area (Å²) in [5, 5.41) is 19.6. The van der Waals surface area contributed by atoms with E-state index in [9.17, 15) is 19.4 Å². The Labute approximate surface area is 170 Å². The maximum atomic E-state index is 14.0. The number of aliphatic hydroxyl groups is 1. The van der Waals surface area contributed by atoms with Crippen molar-refractivity contribution in [1.29, 1.82) is 0 Å². The number of carboxylic acid groups (broad SMARTS) is 1. The molecule has 0 spiro atoms. The van der Waals surface area contributed by atoms with E-state index in [1.807, 2.05) is 31.2 Å².